The number of fused-ring (bicyclic) bond motifs is 1. The van der Waals surface area contributed by atoms with Crippen LogP contribution in [0.3, 0.4) is 0 Å². The second-order valence-corrected chi connectivity index (χ2v) is 6.67. The molecule has 1 aliphatic carbocycles. The van der Waals surface area contributed by atoms with Gasteiger partial charge in [0.1, 0.15) is 0 Å². The maximum atomic E-state index is 12.7. The first-order valence-electron chi connectivity index (χ1n) is 5.98. The molecule has 1 aromatic rings. The van der Waals surface area contributed by atoms with E-state index in [9.17, 15) is 31.5 Å². The fourth-order valence-electron chi connectivity index (χ4n) is 2.49. The number of sulfone groups is 1. The minimum Gasteiger partial charge on any atom is -0.388 e. The molecule has 1 amide bonds. The number of nitrogens with two attached hydrogens (primary N) is 1. The van der Waals surface area contributed by atoms with Gasteiger partial charge in [0.2, 0.25) is 5.91 Å². The zero-order chi connectivity index (χ0) is 16.0. The topological polar surface area (TPSA) is 97.5 Å². The van der Waals surface area contributed by atoms with Gasteiger partial charge in [0.25, 0.3) is 9.84 Å². The lowest BCUT2D eigenvalue weighted by Crippen LogP contribution is -2.25. The van der Waals surface area contributed by atoms with E-state index in [-0.39, 0.29) is 30.4 Å². The Morgan fingerprint density at radius 2 is 2.00 bits per heavy atom. The molecule has 5 nitrogen and oxygen atoms in total. The molecular weight excluding hydrogens is 311 g/mol. The summed E-state index contributed by atoms with van der Waals surface area (Å²) in [5, 5.41) is 9.80. The minimum absolute atomic E-state index is 0.103. The Balaban J connectivity index is 2.67. The summed E-state index contributed by atoms with van der Waals surface area (Å²) in [7, 11) is -5.56. The third kappa shape index (κ3) is 2.62. The minimum atomic E-state index is -5.56. The Morgan fingerprint density at radius 3 is 2.52 bits per heavy atom. The van der Waals surface area contributed by atoms with Gasteiger partial charge in [-0.15, -0.1) is 0 Å². The van der Waals surface area contributed by atoms with Crippen molar-refractivity contribution in [1.29, 1.82) is 0 Å². The number of amides is 1. The van der Waals surface area contributed by atoms with Gasteiger partial charge >= 0.3 is 5.51 Å². The van der Waals surface area contributed by atoms with Gasteiger partial charge in [-0.25, -0.2) is 8.42 Å². The Bertz CT molecular complexity index is 697. The van der Waals surface area contributed by atoms with Crippen LogP contribution in [0.25, 0.3) is 0 Å². The van der Waals surface area contributed by atoms with E-state index in [2.05, 4.69) is 0 Å². The van der Waals surface area contributed by atoms with Crippen molar-refractivity contribution in [1.82, 2.24) is 0 Å². The molecule has 0 saturated heterocycles. The van der Waals surface area contributed by atoms with Crippen LogP contribution in [0.4, 0.5) is 13.2 Å². The highest BCUT2D eigenvalue weighted by Crippen LogP contribution is 2.41. The van der Waals surface area contributed by atoms with E-state index >= 15 is 0 Å². The van der Waals surface area contributed by atoms with Gasteiger partial charge in [0.15, 0.2) is 0 Å². The van der Waals surface area contributed by atoms with Gasteiger partial charge in [-0.2, -0.15) is 13.2 Å². The number of hydrogen-bond donors (Lipinski definition) is 2. The lowest BCUT2D eigenvalue weighted by molar-refractivity contribution is -0.117. The zero-order valence-electron chi connectivity index (χ0n) is 10.6. The van der Waals surface area contributed by atoms with Crippen LogP contribution < -0.4 is 5.73 Å². The molecule has 1 atom stereocenters. The van der Waals surface area contributed by atoms with E-state index in [0.29, 0.717) is 5.56 Å². The van der Waals surface area contributed by atoms with Gasteiger partial charge < -0.3 is 10.8 Å². The van der Waals surface area contributed by atoms with Gasteiger partial charge in [0, 0.05) is 5.56 Å². The standard InChI is InChI=1S/C12H12F3NO4S/c13-12(14,15)21(19,20)9-4-1-6(5-10(16)18)7-2-3-8(17)11(7)9/h1,4,8,17H,2-3,5H2,(H2,16,18). The van der Waals surface area contributed by atoms with Crippen molar-refractivity contribution in [2.45, 2.75) is 35.8 Å². The number of aliphatic hydroxyl groups excluding tert-OH is 1. The quantitative estimate of drug-likeness (QED) is 0.866. The Hall–Kier alpha value is -1.61. The van der Waals surface area contributed by atoms with Gasteiger partial charge in [-0.3, -0.25) is 4.79 Å². The SMILES string of the molecule is NC(=O)Cc1ccc(S(=O)(=O)C(F)(F)F)c2c1CCC2O. The van der Waals surface area contributed by atoms with Crippen molar-refractivity contribution in [3.63, 3.8) is 0 Å². The number of carbonyl (C=O) groups excluding carboxylic acids is 1. The molecule has 0 aliphatic heterocycles. The molecule has 1 unspecified atom stereocenters. The van der Waals surface area contributed by atoms with Crippen LogP contribution in [0.1, 0.15) is 29.2 Å². The van der Waals surface area contributed by atoms with Crippen LogP contribution in [-0.2, 0) is 27.5 Å². The molecule has 0 heterocycles. The van der Waals surface area contributed by atoms with Crippen LogP contribution >= 0.6 is 0 Å². The van der Waals surface area contributed by atoms with E-state index in [4.69, 9.17) is 5.73 Å². The molecule has 0 spiro atoms. The Morgan fingerprint density at radius 1 is 1.38 bits per heavy atom. The van der Waals surface area contributed by atoms with Crippen LogP contribution in [0.5, 0.6) is 0 Å². The third-order valence-electron chi connectivity index (χ3n) is 3.37. The smallest absolute Gasteiger partial charge is 0.388 e. The first-order valence-corrected chi connectivity index (χ1v) is 7.46. The van der Waals surface area contributed by atoms with Gasteiger partial charge in [-0.1, -0.05) is 6.07 Å². The summed E-state index contributed by atoms with van der Waals surface area (Å²) in [5.74, 6) is -0.690. The van der Waals surface area contributed by atoms with Crippen molar-refractivity contribution in [2.24, 2.45) is 5.73 Å². The van der Waals surface area contributed by atoms with Crippen molar-refractivity contribution < 1.29 is 31.5 Å². The lowest BCUT2D eigenvalue weighted by atomic mass is 10.00. The predicted molar refractivity (Wildman–Crippen MR) is 65.9 cm³/mol. The average molecular weight is 323 g/mol. The van der Waals surface area contributed by atoms with Crippen LogP contribution in [-0.4, -0.2) is 24.9 Å². The maximum Gasteiger partial charge on any atom is 0.501 e. The second kappa shape index (κ2) is 4.99. The molecule has 0 bridgehead atoms. The zero-order valence-corrected chi connectivity index (χ0v) is 11.5. The molecule has 3 N–H and O–H groups in total. The summed E-state index contributed by atoms with van der Waals surface area (Å²) in [6.07, 6.45) is -1.23. The van der Waals surface area contributed by atoms with Crippen LogP contribution in [0.15, 0.2) is 17.0 Å². The molecule has 21 heavy (non-hydrogen) atoms. The molecule has 2 rings (SSSR count). The number of hydrogen-bond acceptors (Lipinski definition) is 4. The summed E-state index contributed by atoms with van der Waals surface area (Å²) in [5.41, 5.74) is -0.0768. The third-order valence-corrected chi connectivity index (χ3v) is 4.92. The van der Waals surface area contributed by atoms with E-state index in [1.807, 2.05) is 0 Å². The highest BCUT2D eigenvalue weighted by atomic mass is 32.2. The van der Waals surface area contributed by atoms with E-state index in [1.165, 1.54) is 0 Å². The molecular formula is C12H12F3NO4S. The molecule has 1 aromatic carbocycles. The first kappa shape index (κ1) is 15.8. The van der Waals surface area contributed by atoms with E-state index in [1.54, 1.807) is 0 Å². The summed E-state index contributed by atoms with van der Waals surface area (Å²) < 4.78 is 61.2. The van der Waals surface area contributed by atoms with Crippen molar-refractivity contribution in [3.05, 3.63) is 28.8 Å². The summed E-state index contributed by atoms with van der Waals surface area (Å²) >= 11 is 0. The Kier molecular flexibility index (Phi) is 3.75. The lowest BCUT2D eigenvalue weighted by Gasteiger charge is -2.16. The fourth-order valence-corrected chi connectivity index (χ4v) is 3.53. The number of aliphatic hydroxyl groups is 1. The summed E-state index contributed by atoms with van der Waals surface area (Å²) in [6, 6.07) is 1.91. The van der Waals surface area contributed by atoms with Crippen molar-refractivity contribution in [2.75, 3.05) is 0 Å². The molecule has 0 saturated carbocycles. The number of primary amides is 1. The molecule has 1 aliphatic rings. The second-order valence-electron chi connectivity index (χ2n) is 4.76. The largest absolute Gasteiger partial charge is 0.501 e. The molecule has 0 aromatic heterocycles. The molecule has 0 fully saturated rings. The normalized spacial score (nSPS) is 18.6. The van der Waals surface area contributed by atoms with Crippen molar-refractivity contribution in [3.8, 4) is 0 Å². The number of benzene rings is 1. The van der Waals surface area contributed by atoms with Crippen LogP contribution in [0, 0.1) is 0 Å². The first-order chi connectivity index (χ1) is 9.55. The summed E-state index contributed by atoms with van der Waals surface area (Å²) in [6.45, 7) is 0. The maximum absolute atomic E-state index is 12.7. The highest BCUT2D eigenvalue weighted by molar-refractivity contribution is 7.92. The van der Waals surface area contributed by atoms with E-state index < -0.39 is 32.3 Å². The number of carbonyl (C=O) groups is 1. The van der Waals surface area contributed by atoms with Crippen molar-refractivity contribution >= 4 is 15.7 Å². The average Bonchev–Trinajstić information content (AvgIpc) is 2.70. The molecule has 0 radical (unpaired) electrons. The molecule has 116 valence electrons. The Labute approximate surface area is 118 Å². The van der Waals surface area contributed by atoms with Crippen LogP contribution in [0.2, 0.25) is 0 Å². The molecule has 9 heteroatoms. The van der Waals surface area contributed by atoms with Gasteiger partial charge in [0.05, 0.1) is 17.4 Å². The monoisotopic (exact) mass is 323 g/mol. The number of rotatable bonds is 3. The summed E-state index contributed by atoms with van der Waals surface area (Å²) in [4.78, 5) is 10.00. The highest BCUT2D eigenvalue weighted by Gasteiger charge is 2.49. The number of alkyl halides is 3. The predicted octanol–water partition coefficient (Wildman–Crippen LogP) is 0.988. The van der Waals surface area contributed by atoms with Gasteiger partial charge in [-0.05, 0) is 30.0 Å². The fraction of sp³-hybridized carbons (Fsp3) is 0.417. The van der Waals surface area contributed by atoms with E-state index in [0.717, 1.165) is 12.1 Å². The number of halogens is 3.